The molecule has 1 fully saturated rings. The van der Waals surface area contributed by atoms with Crippen LogP contribution in [0.15, 0.2) is 48.5 Å². The number of likely N-dealkylation sites (tertiary alicyclic amines) is 1. The lowest BCUT2D eigenvalue weighted by atomic mass is 9.67. The Balaban J connectivity index is 1.82. The minimum Gasteiger partial charge on any atom is -0.497 e. The first-order valence-corrected chi connectivity index (χ1v) is 11.3. The fourth-order valence-electron chi connectivity index (χ4n) is 4.75. The van der Waals surface area contributed by atoms with Gasteiger partial charge in [-0.2, -0.15) is 0 Å². The summed E-state index contributed by atoms with van der Waals surface area (Å²) in [5, 5.41) is 3.00. The zero-order valence-electron chi connectivity index (χ0n) is 19.6. The molecular weight excluding hydrogens is 386 g/mol. The van der Waals surface area contributed by atoms with Crippen molar-refractivity contribution in [1.82, 2.24) is 9.80 Å². The predicted molar refractivity (Wildman–Crippen MR) is 128 cm³/mol. The zero-order chi connectivity index (χ0) is 22.4. The van der Waals surface area contributed by atoms with E-state index in [4.69, 9.17) is 4.74 Å². The van der Waals surface area contributed by atoms with Crippen molar-refractivity contribution >= 4 is 11.7 Å². The third-order valence-corrected chi connectivity index (χ3v) is 6.95. The maximum Gasteiger partial charge on any atom is 0.321 e. The van der Waals surface area contributed by atoms with E-state index in [2.05, 4.69) is 49.3 Å². The number of ether oxygens (including phenoxy) is 1. The minimum absolute atomic E-state index is 0.0348. The lowest BCUT2D eigenvalue weighted by Gasteiger charge is -2.46. The normalized spacial score (nSPS) is 21.5. The van der Waals surface area contributed by atoms with Gasteiger partial charge in [0.1, 0.15) is 5.75 Å². The van der Waals surface area contributed by atoms with Crippen LogP contribution in [-0.4, -0.2) is 56.2 Å². The van der Waals surface area contributed by atoms with Crippen molar-refractivity contribution in [2.45, 2.75) is 51.0 Å². The van der Waals surface area contributed by atoms with Crippen LogP contribution in [0.4, 0.5) is 10.5 Å². The van der Waals surface area contributed by atoms with Crippen LogP contribution < -0.4 is 10.1 Å². The Kier molecular flexibility index (Phi) is 7.60. The highest BCUT2D eigenvalue weighted by Gasteiger charge is 2.40. The van der Waals surface area contributed by atoms with Gasteiger partial charge in [0.2, 0.25) is 0 Å². The Labute approximate surface area is 187 Å². The molecule has 2 amide bonds. The molecule has 1 heterocycles. The highest BCUT2D eigenvalue weighted by Crippen LogP contribution is 2.43. The monoisotopic (exact) mass is 423 g/mol. The number of piperidine rings is 1. The van der Waals surface area contributed by atoms with Crippen LogP contribution in [0.1, 0.15) is 44.2 Å². The molecule has 0 bridgehead atoms. The van der Waals surface area contributed by atoms with Crippen molar-refractivity contribution in [3.05, 3.63) is 59.7 Å². The van der Waals surface area contributed by atoms with Gasteiger partial charge in [0.05, 0.1) is 7.11 Å². The van der Waals surface area contributed by atoms with Gasteiger partial charge in [-0.05, 0) is 81.6 Å². The largest absolute Gasteiger partial charge is 0.497 e. The van der Waals surface area contributed by atoms with Gasteiger partial charge >= 0.3 is 6.03 Å². The van der Waals surface area contributed by atoms with Crippen molar-refractivity contribution in [3.63, 3.8) is 0 Å². The molecule has 0 spiro atoms. The first-order chi connectivity index (χ1) is 14.9. The van der Waals surface area contributed by atoms with Gasteiger partial charge < -0.3 is 19.9 Å². The van der Waals surface area contributed by atoms with E-state index in [-0.39, 0.29) is 11.4 Å². The summed E-state index contributed by atoms with van der Waals surface area (Å²) in [6, 6.07) is 16.6. The van der Waals surface area contributed by atoms with E-state index in [9.17, 15) is 4.79 Å². The van der Waals surface area contributed by atoms with Gasteiger partial charge in [-0.25, -0.2) is 4.79 Å². The Morgan fingerprint density at radius 3 is 2.65 bits per heavy atom. The summed E-state index contributed by atoms with van der Waals surface area (Å²) in [5.41, 5.74) is 3.63. The number of hydrogen-bond acceptors (Lipinski definition) is 3. The summed E-state index contributed by atoms with van der Waals surface area (Å²) < 4.78 is 5.58. The number of carbonyl (C=O) groups excluding carboxylic acids is 1. The minimum atomic E-state index is -0.0660. The number of carbonyl (C=O) groups is 1. The standard InChI is InChI=1S/C26H37N3O2/c1-6-21-12-13-23(31-5)18-24(21)26(14-16-28(3)20(2)19-26)15-17-29(4)25(30)27-22-10-8-7-9-11-22/h7-13,18,20H,6,14-17,19H2,1-5H3,(H,27,30)/t20?,26-/m0/s1. The Morgan fingerprint density at radius 2 is 2.00 bits per heavy atom. The highest BCUT2D eigenvalue weighted by molar-refractivity contribution is 5.89. The average molecular weight is 424 g/mol. The number of hydrogen-bond donors (Lipinski definition) is 1. The molecule has 5 nitrogen and oxygen atoms in total. The van der Waals surface area contributed by atoms with E-state index < -0.39 is 0 Å². The van der Waals surface area contributed by atoms with Crippen molar-refractivity contribution in [3.8, 4) is 5.75 Å². The summed E-state index contributed by atoms with van der Waals surface area (Å²) in [7, 11) is 5.83. The number of amides is 2. The average Bonchev–Trinajstić information content (AvgIpc) is 2.80. The number of nitrogens with one attached hydrogen (secondary N) is 1. The number of para-hydroxylation sites is 1. The Hall–Kier alpha value is -2.53. The van der Waals surface area contributed by atoms with E-state index >= 15 is 0 Å². The quantitative estimate of drug-likeness (QED) is 0.669. The number of anilines is 1. The van der Waals surface area contributed by atoms with Crippen LogP contribution in [0.25, 0.3) is 0 Å². The molecule has 0 saturated carbocycles. The maximum absolute atomic E-state index is 12.8. The summed E-state index contributed by atoms with van der Waals surface area (Å²) in [4.78, 5) is 17.0. The second kappa shape index (κ2) is 10.2. The number of aryl methyl sites for hydroxylation is 1. The van der Waals surface area contributed by atoms with Gasteiger partial charge in [-0.3, -0.25) is 0 Å². The first kappa shape index (κ1) is 23.1. The summed E-state index contributed by atoms with van der Waals surface area (Å²) in [6.45, 7) is 6.29. The van der Waals surface area contributed by atoms with Gasteiger partial charge in [-0.15, -0.1) is 0 Å². The van der Waals surface area contributed by atoms with E-state index in [1.165, 1.54) is 11.1 Å². The van der Waals surface area contributed by atoms with E-state index in [0.29, 0.717) is 12.6 Å². The molecule has 2 aromatic rings. The lowest BCUT2D eigenvalue weighted by Crippen LogP contribution is -2.48. The highest BCUT2D eigenvalue weighted by atomic mass is 16.5. The molecule has 2 atom stereocenters. The number of urea groups is 1. The maximum atomic E-state index is 12.8. The van der Waals surface area contributed by atoms with Crippen LogP contribution >= 0.6 is 0 Å². The molecule has 1 aliphatic rings. The molecule has 31 heavy (non-hydrogen) atoms. The predicted octanol–water partition coefficient (Wildman–Crippen LogP) is 5.16. The third kappa shape index (κ3) is 5.40. The van der Waals surface area contributed by atoms with Crippen molar-refractivity contribution in [2.24, 2.45) is 0 Å². The summed E-state index contributed by atoms with van der Waals surface area (Å²) in [6.07, 6.45) is 4.10. The van der Waals surface area contributed by atoms with Crippen LogP contribution in [0.5, 0.6) is 5.75 Å². The molecule has 168 valence electrons. The molecular formula is C26H37N3O2. The topological polar surface area (TPSA) is 44.8 Å². The molecule has 1 saturated heterocycles. The summed E-state index contributed by atoms with van der Waals surface area (Å²) >= 11 is 0. The molecule has 1 aliphatic heterocycles. The third-order valence-electron chi connectivity index (χ3n) is 6.95. The molecule has 1 unspecified atom stereocenters. The Morgan fingerprint density at radius 1 is 1.26 bits per heavy atom. The smallest absolute Gasteiger partial charge is 0.321 e. The van der Waals surface area contributed by atoms with Gasteiger partial charge in [0.15, 0.2) is 0 Å². The fraction of sp³-hybridized carbons (Fsp3) is 0.500. The fourth-order valence-corrected chi connectivity index (χ4v) is 4.75. The second-order valence-electron chi connectivity index (χ2n) is 8.91. The molecule has 0 aromatic heterocycles. The van der Waals surface area contributed by atoms with Crippen LogP contribution in [0.2, 0.25) is 0 Å². The molecule has 0 aliphatic carbocycles. The Bertz CT molecular complexity index is 870. The van der Waals surface area contributed by atoms with Crippen LogP contribution in [0.3, 0.4) is 0 Å². The number of methoxy groups -OCH3 is 1. The van der Waals surface area contributed by atoms with Crippen molar-refractivity contribution < 1.29 is 9.53 Å². The zero-order valence-corrected chi connectivity index (χ0v) is 19.6. The summed E-state index contributed by atoms with van der Waals surface area (Å²) in [5.74, 6) is 0.910. The van der Waals surface area contributed by atoms with Crippen molar-refractivity contribution in [2.75, 3.05) is 39.6 Å². The van der Waals surface area contributed by atoms with Gasteiger partial charge in [-0.1, -0.05) is 31.2 Å². The van der Waals surface area contributed by atoms with Crippen LogP contribution in [0, 0.1) is 0 Å². The molecule has 0 radical (unpaired) electrons. The van der Waals surface area contributed by atoms with Gasteiger partial charge in [0.25, 0.3) is 0 Å². The van der Waals surface area contributed by atoms with Crippen molar-refractivity contribution in [1.29, 1.82) is 0 Å². The van der Waals surface area contributed by atoms with E-state index in [1.807, 2.05) is 42.3 Å². The van der Waals surface area contributed by atoms with E-state index in [0.717, 1.165) is 43.7 Å². The SMILES string of the molecule is CCc1ccc(OC)cc1[C@]1(CCN(C)C(=O)Nc2ccccc2)CCN(C)C(C)C1. The first-order valence-electron chi connectivity index (χ1n) is 11.3. The molecule has 3 rings (SSSR count). The molecule has 1 N–H and O–H groups in total. The van der Waals surface area contributed by atoms with Gasteiger partial charge in [0, 0.05) is 30.7 Å². The lowest BCUT2D eigenvalue weighted by molar-refractivity contribution is 0.116. The second-order valence-corrected chi connectivity index (χ2v) is 8.91. The molecule has 5 heteroatoms. The van der Waals surface area contributed by atoms with Crippen LogP contribution in [-0.2, 0) is 11.8 Å². The molecule has 2 aromatic carbocycles. The van der Waals surface area contributed by atoms with E-state index in [1.54, 1.807) is 7.11 Å². The number of rotatable bonds is 7. The number of nitrogens with zero attached hydrogens (tertiary/aromatic N) is 2. The number of benzene rings is 2.